The standard InChI is InChI=1S/C11H19N3O4S2/c1-11(2,14-20(4,17)18)8-13-10-9(19(3,15)16)6-5-7-12-10/h5-7,14H,8H2,1-4H3,(H,12,13). The zero-order chi connectivity index (χ0) is 15.6. The number of nitrogens with zero attached hydrogens (tertiary/aromatic N) is 1. The molecule has 0 saturated heterocycles. The van der Waals surface area contributed by atoms with Crippen molar-refractivity contribution in [2.45, 2.75) is 24.3 Å². The van der Waals surface area contributed by atoms with Gasteiger partial charge in [-0.15, -0.1) is 0 Å². The van der Waals surface area contributed by atoms with Crippen LogP contribution in [0.25, 0.3) is 0 Å². The number of rotatable bonds is 6. The highest BCUT2D eigenvalue weighted by molar-refractivity contribution is 7.90. The molecule has 0 aliphatic rings. The molecular weight excluding hydrogens is 302 g/mol. The summed E-state index contributed by atoms with van der Waals surface area (Å²) >= 11 is 0. The molecule has 0 spiro atoms. The number of hydrogen-bond acceptors (Lipinski definition) is 6. The molecule has 1 aromatic heterocycles. The highest BCUT2D eigenvalue weighted by Crippen LogP contribution is 2.18. The third kappa shape index (κ3) is 5.43. The van der Waals surface area contributed by atoms with Gasteiger partial charge in [0.05, 0.1) is 6.26 Å². The maximum Gasteiger partial charge on any atom is 0.209 e. The molecule has 1 aromatic rings. The molecule has 7 nitrogen and oxygen atoms in total. The number of nitrogens with one attached hydrogen (secondary N) is 2. The monoisotopic (exact) mass is 321 g/mol. The zero-order valence-electron chi connectivity index (χ0n) is 11.8. The fourth-order valence-electron chi connectivity index (χ4n) is 1.67. The van der Waals surface area contributed by atoms with Gasteiger partial charge in [-0.3, -0.25) is 0 Å². The van der Waals surface area contributed by atoms with E-state index in [1.54, 1.807) is 13.8 Å². The lowest BCUT2D eigenvalue weighted by atomic mass is 10.1. The summed E-state index contributed by atoms with van der Waals surface area (Å²) < 4.78 is 48.2. The summed E-state index contributed by atoms with van der Waals surface area (Å²) in [7, 11) is -6.75. The first kappa shape index (κ1) is 16.9. The molecule has 0 saturated carbocycles. The highest BCUT2D eigenvalue weighted by Gasteiger charge is 2.23. The number of sulfone groups is 1. The minimum atomic E-state index is -3.40. The molecule has 0 aromatic carbocycles. The molecule has 1 heterocycles. The average molecular weight is 321 g/mol. The Balaban J connectivity index is 2.91. The van der Waals surface area contributed by atoms with Crippen molar-refractivity contribution >= 4 is 25.7 Å². The summed E-state index contributed by atoms with van der Waals surface area (Å²) in [5.74, 6) is 0.207. The molecule has 0 atom stereocenters. The number of sulfonamides is 1. The van der Waals surface area contributed by atoms with E-state index in [2.05, 4.69) is 15.0 Å². The summed E-state index contributed by atoms with van der Waals surface area (Å²) in [5.41, 5.74) is -0.778. The Kier molecular flexibility index (Phi) is 4.78. The van der Waals surface area contributed by atoms with E-state index in [1.807, 2.05) is 0 Å². The summed E-state index contributed by atoms with van der Waals surface area (Å²) in [6.07, 6.45) is 3.63. The molecule has 114 valence electrons. The van der Waals surface area contributed by atoms with Gasteiger partial charge in [0.15, 0.2) is 9.84 Å². The van der Waals surface area contributed by atoms with Crippen molar-refractivity contribution in [3.8, 4) is 0 Å². The van der Waals surface area contributed by atoms with Gasteiger partial charge < -0.3 is 5.32 Å². The van der Waals surface area contributed by atoms with E-state index in [0.717, 1.165) is 12.5 Å². The SMILES string of the molecule is CC(C)(CNc1ncccc1S(C)(=O)=O)NS(C)(=O)=O. The van der Waals surface area contributed by atoms with Crippen LogP contribution >= 0.6 is 0 Å². The maximum atomic E-state index is 11.6. The first-order valence-corrected chi connectivity index (χ1v) is 9.57. The van der Waals surface area contributed by atoms with Crippen LogP contribution < -0.4 is 10.0 Å². The van der Waals surface area contributed by atoms with Crippen LogP contribution in [0.2, 0.25) is 0 Å². The van der Waals surface area contributed by atoms with Gasteiger partial charge in [-0.05, 0) is 26.0 Å². The van der Waals surface area contributed by atoms with Crippen molar-refractivity contribution in [2.24, 2.45) is 0 Å². The number of hydrogen-bond donors (Lipinski definition) is 2. The van der Waals surface area contributed by atoms with Crippen molar-refractivity contribution in [3.63, 3.8) is 0 Å². The smallest absolute Gasteiger partial charge is 0.209 e. The van der Waals surface area contributed by atoms with Crippen LogP contribution in [0, 0.1) is 0 Å². The van der Waals surface area contributed by atoms with Gasteiger partial charge in [0.2, 0.25) is 10.0 Å². The number of pyridine rings is 1. The molecule has 1 rings (SSSR count). The van der Waals surface area contributed by atoms with Gasteiger partial charge in [0, 0.05) is 24.5 Å². The van der Waals surface area contributed by atoms with Crippen LogP contribution in [-0.2, 0) is 19.9 Å². The Morgan fingerprint density at radius 2 is 1.80 bits per heavy atom. The molecule has 0 aliphatic heterocycles. The van der Waals surface area contributed by atoms with Gasteiger partial charge >= 0.3 is 0 Å². The fraction of sp³-hybridized carbons (Fsp3) is 0.545. The number of aromatic nitrogens is 1. The van der Waals surface area contributed by atoms with Crippen molar-refractivity contribution < 1.29 is 16.8 Å². The summed E-state index contributed by atoms with van der Waals surface area (Å²) in [5, 5.41) is 2.87. The van der Waals surface area contributed by atoms with Crippen molar-refractivity contribution in [2.75, 3.05) is 24.4 Å². The largest absolute Gasteiger partial charge is 0.367 e. The molecule has 9 heteroatoms. The molecule has 0 fully saturated rings. The Morgan fingerprint density at radius 1 is 1.20 bits per heavy atom. The first-order valence-electron chi connectivity index (χ1n) is 5.79. The van der Waals surface area contributed by atoms with E-state index >= 15 is 0 Å². The van der Waals surface area contributed by atoms with Crippen molar-refractivity contribution in [3.05, 3.63) is 18.3 Å². The Bertz CT molecular complexity index is 681. The Hall–Kier alpha value is -1.19. The second-order valence-electron chi connectivity index (χ2n) is 5.23. The second-order valence-corrected chi connectivity index (χ2v) is 8.97. The molecule has 0 bridgehead atoms. The second kappa shape index (κ2) is 5.66. The van der Waals surface area contributed by atoms with Crippen LogP contribution in [0.3, 0.4) is 0 Å². The zero-order valence-corrected chi connectivity index (χ0v) is 13.5. The summed E-state index contributed by atoms with van der Waals surface area (Å²) in [4.78, 5) is 4.06. The predicted octanol–water partition coefficient (Wildman–Crippen LogP) is 0.225. The van der Waals surface area contributed by atoms with E-state index in [0.29, 0.717) is 0 Å². The van der Waals surface area contributed by atoms with Crippen molar-refractivity contribution in [1.29, 1.82) is 0 Å². The topological polar surface area (TPSA) is 105 Å². The lowest BCUT2D eigenvalue weighted by molar-refractivity contribution is 0.475. The predicted molar refractivity (Wildman–Crippen MR) is 77.9 cm³/mol. The van der Waals surface area contributed by atoms with Crippen LogP contribution in [0.1, 0.15) is 13.8 Å². The maximum absolute atomic E-state index is 11.6. The van der Waals surface area contributed by atoms with Gasteiger partial charge in [-0.25, -0.2) is 26.5 Å². The summed E-state index contributed by atoms with van der Waals surface area (Å²) in [6.45, 7) is 3.56. The molecule has 2 N–H and O–H groups in total. The van der Waals surface area contributed by atoms with Gasteiger partial charge in [0.1, 0.15) is 10.7 Å². The van der Waals surface area contributed by atoms with Gasteiger partial charge in [0.25, 0.3) is 0 Å². The van der Waals surface area contributed by atoms with Crippen LogP contribution in [0.4, 0.5) is 5.82 Å². The lowest BCUT2D eigenvalue weighted by Crippen LogP contribution is -2.47. The minimum absolute atomic E-state index is 0.0788. The minimum Gasteiger partial charge on any atom is -0.367 e. The van der Waals surface area contributed by atoms with E-state index < -0.39 is 25.4 Å². The summed E-state index contributed by atoms with van der Waals surface area (Å²) in [6, 6.07) is 2.98. The van der Waals surface area contributed by atoms with Crippen LogP contribution in [0.5, 0.6) is 0 Å². The van der Waals surface area contributed by atoms with Gasteiger partial charge in [-0.2, -0.15) is 0 Å². The van der Waals surface area contributed by atoms with Crippen LogP contribution in [0.15, 0.2) is 23.2 Å². The molecule has 0 amide bonds. The molecular formula is C11H19N3O4S2. The molecule has 0 aliphatic carbocycles. The highest BCUT2D eigenvalue weighted by atomic mass is 32.2. The quantitative estimate of drug-likeness (QED) is 0.777. The Labute approximate surface area is 119 Å². The molecule has 20 heavy (non-hydrogen) atoms. The van der Waals surface area contributed by atoms with E-state index in [-0.39, 0.29) is 17.3 Å². The van der Waals surface area contributed by atoms with E-state index in [1.165, 1.54) is 18.3 Å². The lowest BCUT2D eigenvalue weighted by Gasteiger charge is -2.25. The average Bonchev–Trinajstić information content (AvgIpc) is 2.22. The molecule has 0 unspecified atom stereocenters. The normalized spacial score (nSPS) is 13.2. The number of anilines is 1. The third-order valence-corrected chi connectivity index (χ3v) is 4.38. The fourth-order valence-corrected chi connectivity index (χ4v) is 3.54. The molecule has 0 radical (unpaired) electrons. The van der Waals surface area contributed by atoms with E-state index in [4.69, 9.17) is 0 Å². The third-order valence-electron chi connectivity index (χ3n) is 2.33. The van der Waals surface area contributed by atoms with Gasteiger partial charge in [-0.1, -0.05) is 0 Å². The van der Waals surface area contributed by atoms with E-state index in [9.17, 15) is 16.8 Å². The van der Waals surface area contributed by atoms with Crippen LogP contribution in [-0.4, -0.2) is 46.4 Å². The van der Waals surface area contributed by atoms with Crippen molar-refractivity contribution in [1.82, 2.24) is 9.71 Å². The first-order chi connectivity index (χ1) is 8.91. The Morgan fingerprint density at radius 3 is 2.30 bits per heavy atom.